The van der Waals surface area contributed by atoms with E-state index in [4.69, 9.17) is 9.47 Å². The third kappa shape index (κ3) is 2.53. The number of fused-ring (bicyclic) bond motifs is 1. The fraction of sp³-hybridized carbons (Fsp3) is 0.474. The first-order valence-corrected chi connectivity index (χ1v) is 8.44. The number of nitrogens with zero attached hydrogens (tertiary/aromatic N) is 2. The minimum Gasteiger partial charge on any atom is -0.458 e. The van der Waals surface area contributed by atoms with Crippen LogP contribution in [0.3, 0.4) is 0 Å². The molecular formula is C19H22N2O3. The van der Waals surface area contributed by atoms with Crippen molar-refractivity contribution in [2.75, 3.05) is 6.61 Å². The minimum atomic E-state index is -0.246. The average molecular weight is 326 g/mol. The van der Waals surface area contributed by atoms with Gasteiger partial charge in [0.15, 0.2) is 0 Å². The normalized spacial score (nSPS) is 27.3. The number of aromatic nitrogens is 2. The minimum absolute atomic E-state index is 0.0544. The smallest absolute Gasteiger partial charge is 0.338 e. The van der Waals surface area contributed by atoms with E-state index in [2.05, 4.69) is 18.9 Å². The summed E-state index contributed by atoms with van der Waals surface area (Å²) in [6.45, 7) is 5.70. The topological polar surface area (TPSA) is 53.4 Å². The summed E-state index contributed by atoms with van der Waals surface area (Å²) in [5.41, 5.74) is 1.59. The first kappa shape index (κ1) is 15.4. The van der Waals surface area contributed by atoms with Crippen LogP contribution in [0.25, 0.3) is 0 Å². The summed E-state index contributed by atoms with van der Waals surface area (Å²) in [5, 5.41) is 4.19. The molecular weight excluding hydrogens is 304 g/mol. The van der Waals surface area contributed by atoms with Crippen LogP contribution in [0.2, 0.25) is 0 Å². The Hall–Kier alpha value is -2.14. The lowest BCUT2D eigenvalue weighted by Gasteiger charge is -2.53. The van der Waals surface area contributed by atoms with E-state index in [-0.39, 0.29) is 23.6 Å². The van der Waals surface area contributed by atoms with E-state index in [0.29, 0.717) is 18.0 Å². The predicted octanol–water partition coefficient (Wildman–Crippen LogP) is 2.90. The second-order valence-corrected chi connectivity index (χ2v) is 7.29. The van der Waals surface area contributed by atoms with Gasteiger partial charge in [-0.3, -0.25) is 4.68 Å². The van der Waals surface area contributed by atoms with Gasteiger partial charge in [-0.15, -0.1) is 0 Å². The van der Waals surface area contributed by atoms with Gasteiger partial charge in [0.25, 0.3) is 0 Å². The third-order valence-corrected chi connectivity index (χ3v) is 5.32. The van der Waals surface area contributed by atoms with Gasteiger partial charge in [-0.05, 0) is 30.2 Å². The molecule has 0 amide bonds. The number of ether oxygens (including phenoxy) is 2. The number of esters is 1. The van der Waals surface area contributed by atoms with Gasteiger partial charge in [0, 0.05) is 30.3 Å². The molecule has 5 heteroatoms. The Balaban J connectivity index is 1.41. The molecule has 126 valence electrons. The van der Waals surface area contributed by atoms with Gasteiger partial charge < -0.3 is 9.47 Å². The molecule has 1 aromatic carbocycles. The Morgan fingerprint density at radius 1 is 1.38 bits per heavy atom. The van der Waals surface area contributed by atoms with Gasteiger partial charge >= 0.3 is 5.97 Å². The summed E-state index contributed by atoms with van der Waals surface area (Å²) in [4.78, 5) is 12.5. The molecule has 1 aliphatic heterocycles. The highest BCUT2D eigenvalue weighted by atomic mass is 16.6. The Morgan fingerprint density at radius 2 is 2.17 bits per heavy atom. The summed E-state index contributed by atoms with van der Waals surface area (Å²) >= 11 is 0. The summed E-state index contributed by atoms with van der Waals surface area (Å²) in [5.74, 6) is 0.104. The van der Waals surface area contributed by atoms with Crippen LogP contribution in [-0.4, -0.2) is 34.6 Å². The van der Waals surface area contributed by atoms with Crippen LogP contribution < -0.4 is 0 Å². The summed E-state index contributed by atoms with van der Waals surface area (Å²) in [6.07, 6.45) is 4.83. The van der Waals surface area contributed by atoms with E-state index in [1.54, 1.807) is 6.20 Å². The van der Waals surface area contributed by atoms with Crippen molar-refractivity contribution in [1.82, 2.24) is 9.78 Å². The molecule has 0 bridgehead atoms. The van der Waals surface area contributed by atoms with Crippen molar-refractivity contribution < 1.29 is 14.3 Å². The highest BCUT2D eigenvalue weighted by Crippen LogP contribution is 2.53. The second kappa shape index (κ2) is 5.74. The summed E-state index contributed by atoms with van der Waals surface area (Å²) in [7, 11) is 0. The molecule has 0 spiro atoms. The van der Waals surface area contributed by atoms with Crippen LogP contribution >= 0.6 is 0 Å². The number of rotatable bonds is 4. The van der Waals surface area contributed by atoms with E-state index in [1.807, 2.05) is 41.2 Å². The quantitative estimate of drug-likeness (QED) is 0.811. The Kier molecular flexibility index (Phi) is 3.68. The largest absolute Gasteiger partial charge is 0.458 e. The molecule has 2 aliphatic rings. The average Bonchev–Trinajstić information content (AvgIpc) is 3.23. The lowest BCUT2D eigenvalue weighted by molar-refractivity contribution is -0.183. The molecule has 0 radical (unpaired) electrons. The lowest BCUT2D eigenvalue weighted by Crippen LogP contribution is -2.61. The van der Waals surface area contributed by atoms with Crippen LogP contribution in [0.1, 0.15) is 36.2 Å². The van der Waals surface area contributed by atoms with Crippen molar-refractivity contribution in [3.63, 3.8) is 0 Å². The Morgan fingerprint density at radius 3 is 2.88 bits per heavy atom. The van der Waals surface area contributed by atoms with Crippen molar-refractivity contribution in [2.45, 2.75) is 39.0 Å². The fourth-order valence-electron chi connectivity index (χ4n) is 4.03. The number of carbonyl (C=O) groups excluding carboxylic acids is 1. The highest BCUT2D eigenvalue weighted by Gasteiger charge is 2.61. The van der Waals surface area contributed by atoms with Gasteiger partial charge in [-0.1, -0.05) is 26.0 Å². The molecule has 5 nitrogen and oxygen atoms in total. The third-order valence-electron chi connectivity index (χ3n) is 5.32. The Bertz CT molecular complexity index is 722. The number of hydrogen-bond donors (Lipinski definition) is 0. The first-order chi connectivity index (χ1) is 11.6. The fourth-order valence-corrected chi connectivity index (χ4v) is 4.03. The monoisotopic (exact) mass is 326 g/mol. The molecule has 1 aliphatic carbocycles. The van der Waals surface area contributed by atoms with E-state index >= 15 is 0 Å². The van der Waals surface area contributed by atoms with Crippen LogP contribution in [0.4, 0.5) is 0 Å². The summed E-state index contributed by atoms with van der Waals surface area (Å²) in [6, 6.07) is 9.45. The molecule has 3 atom stereocenters. The van der Waals surface area contributed by atoms with E-state index in [0.717, 1.165) is 18.6 Å². The molecule has 2 aromatic rings. The molecule has 0 unspecified atom stereocenters. The maximum absolute atomic E-state index is 12.5. The maximum Gasteiger partial charge on any atom is 0.338 e. The zero-order valence-corrected chi connectivity index (χ0v) is 14.0. The molecule has 0 N–H and O–H groups in total. The molecule has 24 heavy (non-hydrogen) atoms. The van der Waals surface area contributed by atoms with E-state index in [9.17, 15) is 4.79 Å². The van der Waals surface area contributed by atoms with Crippen LogP contribution in [0.5, 0.6) is 0 Å². The zero-order valence-electron chi connectivity index (χ0n) is 14.0. The lowest BCUT2D eigenvalue weighted by atomic mass is 9.59. The molecule has 1 saturated carbocycles. The Labute approximate surface area is 141 Å². The highest BCUT2D eigenvalue weighted by molar-refractivity contribution is 5.89. The number of benzene rings is 1. The SMILES string of the molecule is CC1(C)[C@@H]2OCC[C@@H]2[C@@H]1OC(=O)c1ccc(Cn2cccn2)cc1. The molecule has 1 saturated heterocycles. The van der Waals surface area contributed by atoms with Crippen LogP contribution in [0.15, 0.2) is 42.7 Å². The number of carbonyl (C=O) groups is 1. The van der Waals surface area contributed by atoms with Gasteiger partial charge in [0.1, 0.15) is 6.10 Å². The van der Waals surface area contributed by atoms with Crippen molar-refractivity contribution in [1.29, 1.82) is 0 Å². The van der Waals surface area contributed by atoms with Crippen LogP contribution in [0, 0.1) is 11.3 Å². The van der Waals surface area contributed by atoms with Gasteiger partial charge in [-0.2, -0.15) is 5.10 Å². The molecule has 2 fully saturated rings. The van der Waals surface area contributed by atoms with Gasteiger partial charge in [0.2, 0.25) is 0 Å². The molecule has 4 rings (SSSR count). The molecule has 1 aromatic heterocycles. The zero-order chi connectivity index (χ0) is 16.7. The van der Waals surface area contributed by atoms with Crippen molar-refractivity contribution in [3.05, 3.63) is 53.9 Å². The van der Waals surface area contributed by atoms with Crippen molar-refractivity contribution >= 4 is 5.97 Å². The van der Waals surface area contributed by atoms with Crippen molar-refractivity contribution in [3.8, 4) is 0 Å². The first-order valence-electron chi connectivity index (χ1n) is 8.44. The van der Waals surface area contributed by atoms with Crippen molar-refractivity contribution in [2.24, 2.45) is 11.3 Å². The molecule has 2 heterocycles. The van der Waals surface area contributed by atoms with E-state index in [1.165, 1.54) is 0 Å². The standard InChI is InChI=1S/C19H22N2O3/c1-19(2)16-15(8-11-23-16)17(19)24-18(22)14-6-4-13(5-7-14)12-21-10-3-9-20-21/h3-7,9-10,15-17H,8,11-12H2,1-2H3/t15-,16+,17-/m0/s1. The summed E-state index contributed by atoms with van der Waals surface area (Å²) < 4.78 is 13.4. The predicted molar refractivity (Wildman–Crippen MR) is 88.6 cm³/mol. The number of hydrogen-bond acceptors (Lipinski definition) is 4. The van der Waals surface area contributed by atoms with E-state index < -0.39 is 0 Å². The van der Waals surface area contributed by atoms with Gasteiger partial charge in [-0.25, -0.2) is 4.79 Å². The maximum atomic E-state index is 12.5. The second-order valence-electron chi connectivity index (χ2n) is 7.29. The van der Waals surface area contributed by atoms with Gasteiger partial charge in [0.05, 0.1) is 18.2 Å². The van der Waals surface area contributed by atoms with Crippen LogP contribution in [-0.2, 0) is 16.0 Å².